The van der Waals surface area contributed by atoms with Crippen molar-refractivity contribution >= 4 is 5.91 Å². The monoisotopic (exact) mass is 246 g/mol. The van der Waals surface area contributed by atoms with E-state index in [1.807, 2.05) is 24.0 Å². The Bertz CT molecular complexity index is 428. The van der Waals surface area contributed by atoms with Crippen LogP contribution in [0.2, 0.25) is 0 Å². The summed E-state index contributed by atoms with van der Waals surface area (Å²) in [5, 5.41) is 3.35. The predicted octanol–water partition coefficient (Wildman–Crippen LogP) is 2.13. The molecular formula is C15H22N2O. The Kier molecular flexibility index (Phi) is 4.02. The van der Waals surface area contributed by atoms with Crippen molar-refractivity contribution in [3.63, 3.8) is 0 Å². The number of carbonyl (C=O) groups is 1. The number of amides is 1. The van der Waals surface area contributed by atoms with Gasteiger partial charge < -0.3 is 10.2 Å². The van der Waals surface area contributed by atoms with Crippen LogP contribution in [-0.2, 0) is 11.2 Å². The predicted molar refractivity (Wildman–Crippen MR) is 73.4 cm³/mol. The number of nitrogens with zero attached hydrogens (tertiary/aromatic N) is 1. The van der Waals surface area contributed by atoms with E-state index in [0.717, 1.165) is 25.1 Å². The maximum absolute atomic E-state index is 12.6. The fraction of sp³-hybridized carbons (Fsp3) is 0.533. The Morgan fingerprint density at radius 2 is 2.17 bits per heavy atom. The van der Waals surface area contributed by atoms with Gasteiger partial charge in [-0.25, -0.2) is 0 Å². The number of carbonyl (C=O) groups excluding carboxylic acids is 1. The molecule has 0 aromatic heterocycles. The first kappa shape index (κ1) is 13.1. The lowest BCUT2D eigenvalue weighted by Gasteiger charge is -2.33. The smallest absolute Gasteiger partial charge is 0.244 e. The zero-order valence-electron chi connectivity index (χ0n) is 11.4. The number of rotatable bonds is 3. The fourth-order valence-corrected chi connectivity index (χ4v) is 2.67. The van der Waals surface area contributed by atoms with Crippen molar-refractivity contribution in [2.24, 2.45) is 0 Å². The van der Waals surface area contributed by atoms with Crippen molar-refractivity contribution in [2.75, 3.05) is 13.1 Å². The highest BCUT2D eigenvalue weighted by Crippen LogP contribution is 2.24. The number of nitrogens with one attached hydrogen (secondary N) is 1. The first-order chi connectivity index (χ1) is 8.65. The fourth-order valence-electron chi connectivity index (χ4n) is 2.67. The number of hydrogen-bond acceptors (Lipinski definition) is 2. The second-order valence-electron chi connectivity index (χ2n) is 5.05. The molecule has 1 aromatic rings. The third-order valence-electron chi connectivity index (χ3n) is 3.60. The summed E-state index contributed by atoms with van der Waals surface area (Å²) < 4.78 is 0. The van der Waals surface area contributed by atoms with Gasteiger partial charge in [-0.05, 0) is 38.3 Å². The highest BCUT2D eigenvalue weighted by Gasteiger charge is 2.29. The Morgan fingerprint density at radius 3 is 2.83 bits per heavy atom. The zero-order chi connectivity index (χ0) is 13.1. The summed E-state index contributed by atoms with van der Waals surface area (Å²) in [6, 6.07) is 8.33. The molecule has 0 radical (unpaired) electrons. The largest absolute Gasteiger partial charge is 0.339 e. The summed E-state index contributed by atoms with van der Waals surface area (Å²) in [7, 11) is 0. The molecule has 1 amide bonds. The van der Waals surface area contributed by atoms with E-state index in [0.29, 0.717) is 0 Å². The van der Waals surface area contributed by atoms with E-state index in [1.54, 1.807) is 0 Å². The van der Waals surface area contributed by atoms with E-state index in [1.165, 1.54) is 5.56 Å². The highest BCUT2D eigenvalue weighted by atomic mass is 16.2. The van der Waals surface area contributed by atoms with Crippen LogP contribution >= 0.6 is 0 Å². The van der Waals surface area contributed by atoms with Crippen molar-refractivity contribution in [3.8, 4) is 0 Å². The standard InChI is InChI=1S/C15H22N2O/c1-4-17(11(2)3)15(18)14-13-8-6-5-7-12(13)9-10-16-14/h5-8,11,14,16H,4,9-10H2,1-3H3. The minimum atomic E-state index is -0.169. The molecule has 98 valence electrons. The molecule has 0 aliphatic carbocycles. The van der Waals surface area contributed by atoms with Gasteiger partial charge in [-0.3, -0.25) is 4.79 Å². The lowest BCUT2D eigenvalue weighted by molar-refractivity contribution is -0.135. The molecule has 3 nitrogen and oxygen atoms in total. The average Bonchev–Trinajstić information content (AvgIpc) is 2.38. The first-order valence-electron chi connectivity index (χ1n) is 6.76. The first-order valence-corrected chi connectivity index (χ1v) is 6.76. The molecule has 0 saturated carbocycles. The van der Waals surface area contributed by atoms with Crippen LogP contribution in [0.3, 0.4) is 0 Å². The molecule has 1 unspecified atom stereocenters. The molecule has 1 atom stereocenters. The Balaban J connectivity index is 2.27. The Labute approximate surface area is 109 Å². The summed E-state index contributed by atoms with van der Waals surface area (Å²) in [5.74, 6) is 0.194. The molecule has 2 rings (SSSR count). The van der Waals surface area contributed by atoms with Crippen molar-refractivity contribution < 1.29 is 4.79 Å². The summed E-state index contributed by atoms with van der Waals surface area (Å²) in [6.45, 7) is 7.80. The van der Waals surface area contributed by atoms with E-state index in [-0.39, 0.29) is 18.0 Å². The van der Waals surface area contributed by atoms with E-state index in [2.05, 4.69) is 31.3 Å². The van der Waals surface area contributed by atoms with Gasteiger partial charge in [-0.2, -0.15) is 0 Å². The van der Waals surface area contributed by atoms with E-state index in [9.17, 15) is 4.79 Å². The van der Waals surface area contributed by atoms with Gasteiger partial charge in [0.2, 0.25) is 5.91 Å². The molecule has 0 fully saturated rings. The van der Waals surface area contributed by atoms with Crippen molar-refractivity contribution in [2.45, 2.75) is 39.3 Å². The number of benzene rings is 1. The molecule has 1 heterocycles. The number of fused-ring (bicyclic) bond motifs is 1. The normalized spacial score (nSPS) is 18.6. The summed E-state index contributed by atoms with van der Waals surface area (Å²) in [4.78, 5) is 14.5. The minimum absolute atomic E-state index is 0.169. The quantitative estimate of drug-likeness (QED) is 0.886. The molecule has 1 aromatic carbocycles. The van der Waals surface area contributed by atoms with Crippen LogP contribution < -0.4 is 5.32 Å². The van der Waals surface area contributed by atoms with E-state index < -0.39 is 0 Å². The van der Waals surface area contributed by atoms with Gasteiger partial charge in [0.1, 0.15) is 6.04 Å². The minimum Gasteiger partial charge on any atom is -0.339 e. The average molecular weight is 246 g/mol. The molecule has 18 heavy (non-hydrogen) atoms. The zero-order valence-corrected chi connectivity index (χ0v) is 11.4. The molecule has 3 heteroatoms. The van der Waals surface area contributed by atoms with Gasteiger partial charge in [-0.1, -0.05) is 24.3 Å². The van der Waals surface area contributed by atoms with Crippen LogP contribution in [0.1, 0.15) is 37.9 Å². The van der Waals surface area contributed by atoms with Gasteiger partial charge in [0.05, 0.1) is 0 Å². The molecule has 1 N–H and O–H groups in total. The van der Waals surface area contributed by atoms with E-state index in [4.69, 9.17) is 0 Å². The maximum atomic E-state index is 12.6. The summed E-state index contributed by atoms with van der Waals surface area (Å²) in [5.41, 5.74) is 2.45. The SMILES string of the molecule is CCN(C(=O)C1NCCc2ccccc21)C(C)C. The maximum Gasteiger partial charge on any atom is 0.244 e. The van der Waals surface area contributed by atoms with Crippen molar-refractivity contribution in [1.82, 2.24) is 10.2 Å². The van der Waals surface area contributed by atoms with Crippen LogP contribution in [0.4, 0.5) is 0 Å². The topological polar surface area (TPSA) is 32.3 Å². The van der Waals surface area contributed by atoms with Gasteiger partial charge in [-0.15, -0.1) is 0 Å². The van der Waals surface area contributed by atoms with Crippen LogP contribution in [-0.4, -0.2) is 29.9 Å². The second kappa shape index (κ2) is 5.53. The third kappa shape index (κ3) is 2.41. The summed E-state index contributed by atoms with van der Waals surface area (Å²) >= 11 is 0. The van der Waals surface area contributed by atoms with Crippen LogP contribution in [0.25, 0.3) is 0 Å². The second-order valence-corrected chi connectivity index (χ2v) is 5.05. The summed E-state index contributed by atoms with van der Waals surface area (Å²) in [6.07, 6.45) is 1.01. The highest BCUT2D eigenvalue weighted by molar-refractivity contribution is 5.84. The third-order valence-corrected chi connectivity index (χ3v) is 3.60. The molecule has 0 saturated heterocycles. The molecule has 1 aliphatic heterocycles. The van der Waals surface area contributed by atoms with E-state index >= 15 is 0 Å². The molecular weight excluding hydrogens is 224 g/mol. The molecule has 0 spiro atoms. The Morgan fingerprint density at radius 1 is 1.44 bits per heavy atom. The van der Waals surface area contributed by atoms with Gasteiger partial charge >= 0.3 is 0 Å². The van der Waals surface area contributed by atoms with Crippen LogP contribution in [0, 0.1) is 0 Å². The van der Waals surface area contributed by atoms with Crippen molar-refractivity contribution in [3.05, 3.63) is 35.4 Å². The lowest BCUT2D eigenvalue weighted by atomic mass is 9.93. The van der Waals surface area contributed by atoms with Gasteiger partial charge in [0.15, 0.2) is 0 Å². The van der Waals surface area contributed by atoms with Crippen molar-refractivity contribution in [1.29, 1.82) is 0 Å². The van der Waals surface area contributed by atoms with Gasteiger partial charge in [0.25, 0.3) is 0 Å². The van der Waals surface area contributed by atoms with Crippen LogP contribution in [0.5, 0.6) is 0 Å². The number of hydrogen-bond donors (Lipinski definition) is 1. The number of likely N-dealkylation sites (N-methyl/N-ethyl adjacent to an activating group) is 1. The Hall–Kier alpha value is -1.35. The van der Waals surface area contributed by atoms with Gasteiger partial charge in [0, 0.05) is 19.1 Å². The molecule has 1 aliphatic rings. The molecule has 0 bridgehead atoms. The van der Waals surface area contributed by atoms with Crippen LogP contribution in [0.15, 0.2) is 24.3 Å². The lowest BCUT2D eigenvalue weighted by Crippen LogP contribution is -2.46.